The molecule has 0 heterocycles. The number of nitrogens with two attached hydrogens (primary N) is 1. The van der Waals surface area contributed by atoms with Crippen LogP contribution in [0.5, 0.6) is 5.75 Å². The quantitative estimate of drug-likeness (QED) is 0.746. The molecule has 0 bridgehead atoms. The molecule has 5 heteroatoms. The van der Waals surface area contributed by atoms with E-state index in [0.29, 0.717) is 23.9 Å². The number of carbonyl (C=O) groups excluding carboxylic acids is 1. The van der Waals surface area contributed by atoms with E-state index in [1.807, 2.05) is 6.07 Å². The topological polar surface area (TPSA) is 64.3 Å². The summed E-state index contributed by atoms with van der Waals surface area (Å²) in [6.07, 6.45) is 2.02. The van der Waals surface area contributed by atoms with E-state index in [2.05, 4.69) is 12.2 Å². The first-order valence-corrected chi connectivity index (χ1v) is 6.43. The van der Waals surface area contributed by atoms with Crippen molar-refractivity contribution in [3.05, 3.63) is 28.8 Å². The third kappa shape index (κ3) is 4.94. The molecule has 0 fully saturated rings. The van der Waals surface area contributed by atoms with Gasteiger partial charge in [0, 0.05) is 13.1 Å². The van der Waals surface area contributed by atoms with Crippen LogP contribution >= 0.6 is 11.6 Å². The Morgan fingerprint density at radius 1 is 1.50 bits per heavy atom. The molecule has 0 saturated carbocycles. The molecule has 100 valence electrons. The molecule has 0 aliphatic rings. The molecular formula is C13H19ClN2O2. The number of unbranched alkanes of at least 4 members (excludes halogenated alkanes) is 1. The summed E-state index contributed by atoms with van der Waals surface area (Å²) >= 11 is 6.01. The van der Waals surface area contributed by atoms with Crippen LogP contribution in [0, 0.1) is 0 Å². The van der Waals surface area contributed by atoms with Gasteiger partial charge in [-0.3, -0.25) is 4.79 Å². The number of rotatable bonds is 7. The lowest BCUT2D eigenvalue weighted by atomic mass is 10.2. The molecule has 3 N–H and O–H groups in total. The average Bonchev–Trinajstić information content (AvgIpc) is 2.37. The van der Waals surface area contributed by atoms with Crippen molar-refractivity contribution in [2.45, 2.75) is 26.3 Å². The van der Waals surface area contributed by atoms with Gasteiger partial charge in [0.1, 0.15) is 5.75 Å². The average molecular weight is 271 g/mol. The summed E-state index contributed by atoms with van der Waals surface area (Å²) in [6, 6.07) is 5.30. The molecule has 0 aliphatic carbocycles. The van der Waals surface area contributed by atoms with Gasteiger partial charge in [-0.1, -0.05) is 31.0 Å². The van der Waals surface area contributed by atoms with Gasteiger partial charge >= 0.3 is 0 Å². The predicted octanol–water partition coefficient (Wildman–Crippen LogP) is 2.09. The molecule has 0 atom stereocenters. The van der Waals surface area contributed by atoms with Gasteiger partial charge in [-0.05, 0) is 24.1 Å². The van der Waals surface area contributed by atoms with Gasteiger partial charge in [-0.25, -0.2) is 0 Å². The number of halogens is 1. The molecule has 0 aliphatic heterocycles. The standard InChI is InChI=1S/C13H19ClN2O2/c1-2-3-6-16-13(17)9-18-12-5-4-10(8-15)7-11(12)14/h4-5,7H,2-3,6,8-9,15H2,1H3,(H,16,17). The second-order valence-corrected chi connectivity index (χ2v) is 4.37. The minimum Gasteiger partial charge on any atom is -0.482 e. The second kappa shape index (κ2) is 7.95. The van der Waals surface area contributed by atoms with E-state index in [-0.39, 0.29) is 12.5 Å². The number of hydrogen-bond donors (Lipinski definition) is 2. The van der Waals surface area contributed by atoms with Gasteiger partial charge in [-0.2, -0.15) is 0 Å². The van der Waals surface area contributed by atoms with Crippen molar-refractivity contribution in [3.8, 4) is 5.75 Å². The molecule has 1 rings (SSSR count). The highest BCUT2D eigenvalue weighted by Gasteiger charge is 2.06. The Morgan fingerprint density at radius 2 is 2.28 bits per heavy atom. The number of ether oxygens (including phenoxy) is 1. The van der Waals surface area contributed by atoms with Crippen LogP contribution in [-0.4, -0.2) is 19.1 Å². The molecule has 1 amide bonds. The van der Waals surface area contributed by atoms with Crippen molar-refractivity contribution in [1.82, 2.24) is 5.32 Å². The first kappa shape index (κ1) is 14.8. The summed E-state index contributed by atoms with van der Waals surface area (Å²) in [7, 11) is 0. The van der Waals surface area contributed by atoms with Crippen LogP contribution in [0.1, 0.15) is 25.3 Å². The lowest BCUT2D eigenvalue weighted by Gasteiger charge is -2.09. The fraction of sp³-hybridized carbons (Fsp3) is 0.462. The van der Waals surface area contributed by atoms with Crippen molar-refractivity contribution < 1.29 is 9.53 Å². The lowest BCUT2D eigenvalue weighted by Crippen LogP contribution is -2.29. The Hall–Kier alpha value is -1.26. The molecule has 0 radical (unpaired) electrons. The Labute approximate surface area is 112 Å². The third-order valence-corrected chi connectivity index (χ3v) is 2.74. The summed E-state index contributed by atoms with van der Waals surface area (Å²) in [6.45, 7) is 3.16. The minimum atomic E-state index is -0.137. The van der Waals surface area contributed by atoms with E-state index in [4.69, 9.17) is 22.1 Å². The smallest absolute Gasteiger partial charge is 0.257 e. The summed E-state index contributed by atoms with van der Waals surface area (Å²) in [5.41, 5.74) is 6.43. The van der Waals surface area contributed by atoms with Crippen LogP contribution in [0.4, 0.5) is 0 Å². The molecule has 0 aromatic heterocycles. The van der Waals surface area contributed by atoms with Crippen molar-refractivity contribution in [3.63, 3.8) is 0 Å². The van der Waals surface area contributed by atoms with Gasteiger partial charge in [0.25, 0.3) is 5.91 Å². The first-order valence-electron chi connectivity index (χ1n) is 6.05. The molecule has 0 saturated heterocycles. The molecule has 1 aromatic rings. The molecule has 4 nitrogen and oxygen atoms in total. The number of hydrogen-bond acceptors (Lipinski definition) is 3. The highest BCUT2D eigenvalue weighted by molar-refractivity contribution is 6.32. The van der Waals surface area contributed by atoms with E-state index in [9.17, 15) is 4.79 Å². The molecular weight excluding hydrogens is 252 g/mol. The molecule has 18 heavy (non-hydrogen) atoms. The van der Waals surface area contributed by atoms with Gasteiger partial charge < -0.3 is 15.8 Å². The van der Waals surface area contributed by atoms with Gasteiger partial charge in [0.2, 0.25) is 0 Å². The predicted molar refractivity (Wildman–Crippen MR) is 72.8 cm³/mol. The Morgan fingerprint density at radius 3 is 2.89 bits per heavy atom. The fourth-order valence-electron chi connectivity index (χ4n) is 1.39. The molecule has 0 spiro atoms. The monoisotopic (exact) mass is 270 g/mol. The largest absolute Gasteiger partial charge is 0.482 e. The summed E-state index contributed by atoms with van der Waals surface area (Å²) in [4.78, 5) is 11.4. The van der Waals surface area contributed by atoms with Crippen LogP contribution in [0.2, 0.25) is 5.02 Å². The van der Waals surface area contributed by atoms with Gasteiger partial charge in [0.15, 0.2) is 6.61 Å². The number of amides is 1. The maximum absolute atomic E-state index is 11.4. The van der Waals surface area contributed by atoms with E-state index < -0.39 is 0 Å². The van der Waals surface area contributed by atoms with Crippen LogP contribution in [0.25, 0.3) is 0 Å². The Balaban J connectivity index is 2.41. The lowest BCUT2D eigenvalue weighted by molar-refractivity contribution is -0.123. The van der Waals surface area contributed by atoms with E-state index >= 15 is 0 Å². The summed E-state index contributed by atoms with van der Waals surface area (Å²) < 4.78 is 5.34. The summed E-state index contributed by atoms with van der Waals surface area (Å²) in [5, 5.41) is 3.24. The van der Waals surface area contributed by atoms with Crippen LogP contribution in [-0.2, 0) is 11.3 Å². The van der Waals surface area contributed by atoms with Crippen LogP contribution in [0.3, 0.4) is 0 Å². The molecule has 1 aromatic carbocycles. The number of nitrogens with one attached hydrogen (secondary N) is 1. The normalized spacial score (nSPS) is 10.2. The second-order valence-electron chi connectivity index (χ2n) is 3.96. The molecule has 0 unspecified atom stereocenters. The third-order valence-electron chi connectivity index (χ3n) is 2.44. The zero-order chi connectivity index (χ0) is 13.4. The fourth-order valence-corrected chi connectivity index (χ4v) is 1.64. The zero-order valence-corrected chi connectivity index (χ0v) is 11.3. The van der Waals surface area contributed by atoms with Crippen molar-refractivity contribution in [1.29, 1.82) is 0 Å². The van der Waals surface area contributed by atoms with Crippen molar-refractivity contribution in [2.75, 3.05) is 13.2 Å². The Bertz CT molecular complexity index is 397. The highest BCUT2D eigenvalue weighted by atomic mass is 35.5. The Kier molecular flexibility index (Phi) is 6.54. The minimum absolute atomic E-state index is 0.0224. The van der Waals surface area contributed by atoms with Crippen LogP contribution < -0.4 is 15.8 Å². The van der Waals surface area contributed by atoms with E-state index in [1.54, 1.807) is 12.1 Å². The number of benzene rings is 1. The van der Waals surface area contributed by atoms with E-state index in [1.165, 1.54) is 0 Å². The van der Waals surface area contributed by atoms with Crippen LogP contribution in [0.15, 0.2) is 18.2 Å². The van der Waals surface area contributed by atoms with Gasteiger partial charge in [-0.15, -0.1) is 0 Å². The summed E-state index contributed by atoms with van der Waals surface area (Å²) in [5.74, 6) is 0.363. The maximum Gasteiger partial charge on any atom is 0.257 e. The highest BCUT2D eigenvalue weighted by Crippen LogP contribution is 2.25. The SMILES string of the molecule is CCCCNC(=O)COc1ccc(CN)cc1Cl. The number of carbonyl (C=O) groups is 1. The maximum atomic E-state index is 11.4. The van der Waals surface area contributed by atoms with E-state index in [0.717, 1.165) is 18.4 Å². The van der Waals surface area contributed by atoms with Gasteiger partial charge in [0.05, 0.1) is 5.02 Å². The van der Waals surface area contributed by atoms with Crippen molar-refractivity contribution in [2.24, 2.45) is 5.73 Å². The first-order chi connectivity index (χ1) is 8.67. The van der Waals surface area contributed by atoms with Crippen molar-refractivity contribution >= 4 is 17.5 Å². The zero-order valence-electron chi connectivity index (χ0n) is 10.5.